The van der Waals surface area contributed by atoms with Crippen LogP contribution in [0.15, 0.2) is 24.3 Å². The number of rotatable bonds is 5. The number of ether oxygens (including phenoxy) is 2. The highest BCUT2D eigenvalue weighted by molar-refractivity contribution is 5.28. The van der Waals surface area contributed by atoms with Crippen molar-refractivity contribution in [2.75, 3.05) is 14.2 Å². The third-order valence-electron chi connectivity index (χ3n) is 2.41. The number of phenolic OH excluding ortho intramolecular Hbond substituents is 1. The van der Waals surface area contributed by atoms with Gasteiger partial charge in [0, 0.05) is 20.6 Å². The molecule has 90 valence electrons. The Morgan fingerprint density at radius 3 is 2.44 bits per heavy atom. The average molecular weight is 226 g/mol. The topological polar surface area (TPSA) is 58.9 Å². The Morgan fingerprint density at radius 2 is 1.94 bits per heavy atom. The van der Waals surface area contributed by atoms with Gasteiger partial charge in [0.1, 0.15) is 11.4 Å². The van der Waals surface area contributed by atoms with Crippen LogP contribution >= 0.6 is 0 Å². The summed E-state index contributed by atoms with van der Waals surface area (Å²) >= 11 is 0. The lowest BCUT2D eigenvalue weighted by Crippen LogP contribution is -2.43. The number of hydrogen-bond donors (Lipinski definition) is 2. The van der Waals surface area contributed by atoms with Gasteiger partial charge >= 0.3 is 0 Å². The van der Waals surface area contributed by atoms with E-state index in [1.807, 2.05) is 6.07 Å². The van der Waals surface area contributed by atoms with Crippen LogP contribution in [-0.4, -0.2) is 36.3 Å². The molecule has 1 aromatic carbocycles. The van der Waals surface area contributed by atoms with E-state index in [9.17, 15) is 10.2 Å². The molecule has 2 N–H and O–H groups in total. The molecule has 0 heterocycles. The molecule has 1 atom stereocenters. The van der Waals surface area contributed by atoms with Crippen LogP contribution in [0.3, 0.4) is 0 Å². The molecule has 0 aliphatic carbocycles. The lowest BCUT2D eigenvalue weighted by Gasteiger charge is -2.30. The van der Waals surface area contributed by atoms with Crippen molar-refractivity contribution in [1.82, 2.24) is 0 Å². The molecular weight excluding hydrogens is 208 g/mol. The zero-order valence-electron chi connectivity index (χ0n) is 9.80. The van der Waals surface area contributed by atoms with Crippen molar-refractivity contribution in [3.63, 3.8) is 0 Å². The lowest BCUT2D eigenvalue weighted by molar-refractivity contribution is -0.207. The Kier molecular flexibility index (Phi) is 4.29. The maximum atomic E-state index is 10.2. The zero-order chi connectivity index (χ0) is 12.2. The molecule has 0 radical (unpaired) electrons. The van der Waals surface area contributed by atoms with Crippen LogP contribution in [0.5, 0.6) is 5.75 Å². The summed E-state index contributed by atoms with van der Waals surface area (Å²) in [5, 5.41) is 19.5. The van der Waals surface area contributed by atoms with Gasteiger partial charge in [0.25, 0.3) is 0 Å². The van der Waals surface area contributed by atoms with Gasteiger partial charge in [-0.1, -0.05) is 12.1 Å². The predicted molar refractivity (Wildman–Crippen MR) is 60.2 cm³/mol. The molecule has 0 bridgehead atoms. The van der Waals surface area contributed by atoms with Crippen molar-refractivity contribution in [3.05, 3.63) is 29.8 Å². The Labute approximate surface area is 95.4 Å². The van der Waals surface area contributed by atoms with E-state index in [2.05, 4.69) is 0 Å². The van der Waals surface area contributed by atoms with Crippen LogP contribution < -0.4 is 0 Å². The largest absolute Gasteiger partial charge is 0.508 e. The van der Waals surface area contributed by atoms with Gasteiger partial charge in [-0.25, -0.2) is 0 Å². The van der Waals surface area contributed by atoms with Gasteiger partial charge in [-0.05, 0) is 24.6 Å². The van der Waals surface area contributed by atoms with Gasteiger partial charge in [-0.15, -0.1) is 0 Å². The maximum absolute atomic E-state index is 10.2. The molecule has 1 aromatic rings. The van der Waals surface area contributed by atoms with Gasteiger partial charge in [0.15, 0.2) is 6.29 Å². The number of aromatic hydroxyl groups is 1. The van der Waals surface area contributed by atoms with Crippen LogP contribution in [0.4, 0.5) is 0 Å². The molecule has 0 spiro atoms. The van der Waals surface area contributed by atoms with Gasteiger partial charge in [0.2, 0.25) is 0 Å². The zero-order valence-corrected chi connectivity index (χ0v) is 9.80. The first-order valence-corrected chi connectivity index (χ1v) is 5.05. The number of phenols is 1. The molecular formula is C12H18O4. The van der Waals surface area contributed by atoms with Crippen molar-refractivity contribution in [3.8, 4) is 5.75 Å². The Morgan fingerprint density at radius 1 is 1.31 bits per heavy atom. The highest BCUT2D eigenvalue weighted by Crippen LogP contribution is 2.21. The second kappa shape index (κ2) is 5.30. The highest BCUT2D eigenvalue weighted by atomic mass is 16.7. The molecule has 0 aromatic heterocycles. The normalized spacial score (nSPS) is 15.1. The summed E-state index contributed by atoms with van der Waals surface area (Å²) in [7, 11) is 2.95. The first kappa shape index (κ1) is 13.0. The summed E-state index contributed by atoms with van der Waals surface area (Å²) in [5.74, 6) is 0.180. The highest BCUT2D eigenvalue weighted by Gasteiger charge is 2.32. The fourth-order valence-electron chi connectivity index (χ4n) is 1.77. The van der Waals surface area contributed by atoms with Gasteiger partial charge in [-0.3, -0.25) is 0 Å². The third-order valence-corrected chi connectivity index (χ3v) is 2.41. The molecule has 0 aliphatic heterocycles. The van der Waals surface area contributed by atoms with Gasteiger partial charge < -0.3 is 19.7 Å². The van der Waals surface area contributed by atoms with Crippen molar-refractivity contribution in [2.45, 2.75) is 25.2 Å². The van der Waals surface area contributed by atoms with E-state index in [0.29, 0.717) is 6.42 Å². The third kappa shape index (κ3) is 3.20. The summed E-state index contributed by atoms with van der Waals surface area (Å²) in [6.07, 6.45) is -0.358. The number of hydrogen-bond acceptors (Lipinski definition) is 4. The molecule has 16 heavy (non-hydrogen) atoms. The average Bonchev–Trinajstić information content (AvgIpc) is 2.18. The lowest BCUT2D eigenvalue weighted by atomic mass is 9.95. The molecule has 0 saturated carbocycles. The number of aliphatic hydroxyl groups is 1. The molecule has 4 heteroatoms. The van der Waals surface area contributed by atoms with Crippen LogP contribution in [0, 0.1) is 0 Å². The first-order chi connectivity index (χ1) is 7.49. The van der Waals surface area contributed by atoms with E-state index >= 15 is 0 Å². The molecule has 0 saturated heterocycles. The molecule has 1 rings (SSSR count). The van der Waals surface area contributed by atoms with Crippen LogP contribution in [0.1, 0.15) is 12.5 Å². The molecule has 0 aliphatic rings. The molecule has 0 fully saturated rings. The van der Waals surface area contributed by atoms with E-state index in [4.69, 9.17) is 9.47 Å². The van der Waals surface area contributed by atoms with Crippen LogP contribution in [-0.2, 0) is 15.9 Å². The monoisotopic (exact) mass is 226 g/mol. The number of methoxy groups -OCH3 is 2. The summed E-state index contributed by atoms with van der Waals surface area (Å²) < 4.78 is 10.1. The first-order valence-electron chi connectivity index (χ1n) is 5.05. The minimum absolute atomic E-state index is 0.180. The number of benzene rings is 1. The van der Waals surface area contributed by atoms with Crippen molar-refractivity contribution >= 4 is 0 Å². The Bertz CT molecular complexity index is 332. The van der Waals surface area contributed by atoms with E-state index in [0.717, 1.165) is 5.56 Å². The Balaban J connectivity index is 2.79. The van der Waals surface area contributed by atoms with Crippen molar-refractivity contribution in [2.24, 2.45) is 0 Å². The van der Waals surface area contributed by atoms with Crippen molar-refractivity contribution in [1.29, 1.82) is 0 Å². The fraction of sp³-hybridized carbons (Fsp3) is 0.500. The minimum atomic E-state index is -1.14. The summed E-state index contributed by atoms with van der Waals surface area (Å²) in [5.41, 5.74) is -0.318. The molecule has 4 nitrogen and oxygen atoms in total. The van der Waals surface area contributed by atoms with E-state index in [1.54, 1.807) is 25.1 Å². The van der Waals surface area contributed by atoms with Crippen LogP contribution in [0.2, 0.25) is 0 Å². The van der Waals surface area contributed by atoms with E-state index < -0.39 is 11.9 Å². The van der Waals surface area contributed by atoms with Gasteiger partial charge in [-0.2, -0.15) is 0 Å². The van der Waals surface area contributed by atoms with E-state index in [1.165, 1.54) is 14.2 Å². The summed E-state index contributed by atoms with van der Waals surface area (Å²) in [6.45, 7) is 1.63. The molecule has 0 amide bonds. The summed E-state index contributed by atoms with van der Waals surface area (Å²) in [4.78, 5) is 0. The maximum Gasteiger partial charge on any atom is 0.185 e. The quantitative estimate of drug-likeness (QED) is 0.743. The predicted octanol–water partition coefficient (Wildman–Crippen LogP) is 1.30. The minimum Gasteiger partial charge on any atom is -0.508 e. The fourth-order valence-corrected chi connectivity index (χ4v) is 1.77. The molecule has 1 unspecified atom stereocenters. The summed E-state index contributed by atoms with van der Waals surface area (Å²) in [6, 6.07) is 6.76. The SMILES string of the molecule is COC(OC)C(C)(O)Cc1cccc(O)c1. The van der Waals surface area contributed by atoms with Gasteiger partial charge in [0.05, 0.1) is 0 Å². The second-order valence-electron chi connectivity index (χ2n) is 4.01. The Hall–Kier alpha value is -1.10. The van der Waals surface area contributed by atoms with Crippen molar-refractivity contribution < 1.29 is 19.7 Å². The smallest absolute Gasteiger partial charge is 0.185 e. The van der Waals surface area contributed by atoms with Crippen LogP contribution in [0.25, 0.3) is 0 Å². The van der Waals surface area contributed by atoms with E-state index in [-0.39, 0.29) is 5.75 Å². The second-order valence-corrected chi connectivity index (χ2v) is 4.01. The standard InChI is InChI=1S/C12H18O4/c1-12(14,11(15-2)16-3)8-9-5-4-6-10(13)7-9/h4-7,11,13-14H,8H2,1-3H3.